The topological polar surface area (TPSA) is 46.5 Å². The van der Waals surface area contributed by atoms with E-state index in [9.17, 15) is 9.90 Å². The smallest absolute Gasteiger partial charge is 0.303 e. The average Bonchev–Trinajstić information content (AvgIpc) is 2.32. The monoisotopic (exact) mass is 248 g/mol. The van der Waals surface area contributed by atoms with Gasteiger partial charge in [-0.05, 0) is 43.7 Å². The van der Waals surface area contributed by atoms with Crippen molar-refractivity contribution < 1.29 is 14.6 Å². The van der Waals surface area contributed by atoms with Gasteiger partial charge in [-0.15, -0.1) is 0 Å². The molecule has 1 N–H and O–H groups in total. The van der Waals surface area contributed by atoms with Gasteiger partial charge in [-0.25, -0.2) is 0 Å². The average molecular weight is 248 g/mol. The summed E-state index contributed by atoms with van der Waals surface area (Å²) in [6.45, 7) is 3.37. The summed E-state index contributed by atoms with van der Waals surface area (Å²) in [5, 5.41) is 11.0. The molecule has 0 aromatic heterocycles. The van der Waals surface area contributed by atoms with Crippen LogP contribution in [0.1, 0.15) is 43.7 Å². The third kappa shape index (κ3) is 2.41. The van der Waals surface area contributed by atoms with E-state index in [1.165, 1.54) is 6.92 Å². The molecule has 2 atom stereocenters. The molecule has 1 aliphatic rings. The Morgan fingerprint density at radius 1 is 1.39 bits per heavy atom. The van der Waals surface area contributed by atoms with Gasteiger partial charge in [-0.3, -0.25) is 4.79 Å². The van der Waals surface area contributed by atoms with E-state index >= 15 is 0 Å². The first-order valence-electron chi connectivity index (χ1n) is 6.50. The lowest BCUT2D eigenvalue weighted by molar-refractivity contribution is -0.171. The molecule has 98 valence electrons. The van der Waals surface area contributed by atoms with Gasteiger partial charge >= 0.3 is 5.97 Å². The lowest BCUT2D eigenvalue weighted by Crippen LogP contribution is -2.45. The van der Waals surface area contributed by atoms with E-state index in [0.29, 0.717) is 6.42 Å². The second kappa shape index (κ2) is 5.11. The van der Waals surface area contributed by atoms with Crippen molar-refractivity contribution >= 4 is 5.97 Å². The highest BCUT2D eigenvalue weighted by Gasteiger charge is 2.43. The summed E-state index contributed by atoms with van der Waals surface area (Å²) in [6.07, 6.45) is 2.90. The van der Waals surface area contributed by atoms with Crippen LogP contribution in [0.5, 0.6) is 0 Å². The zero-order valence-electron chi connectivity index (χ0n) is 11.0. The van der Waals surface area contributed by atoms with E-state index in [0.717, 1.165) is 30.4 Å². The highest BCUT2D eigenvalue weighted by molar-refractivity contribution is 5.66. The SMILES string of the molecule is CC(=O)O[C@H]1CCCC[C@]1(O)c1ccccc1C. The predicted octanol–water partition coefficient (Wildman–Crippen LogP) is 2.69. The minimum atomic E-state index is -1.03. The maximum absolute atomic E-state index is 11.2. The summed E-state index contributed by atoms with van der Waals surface area (Å²) < 4.78 is 5.33. The molecule has 18 heavy (non-hydrogen) atoms. The van der Waals surface area contributed by atoms with Crippen LogP contribution in [0, 0.1) is 6.92 Å². The van der Waals surface area contributed by atoms with Crippen molar-refractivity contribution in [1.29, 1.82) is 0 Å². The fourth-order valence-electron chi connectivity index (χ4n) is 2.85. The zero-order chi connectivity index (χ0) is 13.2. The van der Waals surface area contributed by atoms with Gasteiger partial charge in [0.25, 0.3) is 0 Å². The van der Waals surface area contributed by atoms with Crippen molar-refractivity contribution in [1.82, 2.24) is 0 Å². The Morgan fingerprint density at radius 2 is 2.11 bits per heavy atom. The third-order valence-corrected chi connectivity index (χ3v) is 3.73. The highest BCUT2D eigenvalue weighted by atomic mass is 16.6. The zero-order valence-corrected chi connectivity index (χ0v) is 11.0. The Bertz CT molecular complexity index is 441. The van der Waals surface area contributed by atoms with Crippen molar-refractivity contribution in [2.75, 3.05) is 0 Å². The summed E-state index contributed by atoms with van der Waals surface area (Å²) in [7, 11) is 0. The van der Waals surface area contributed by atoms with Crippen LogP contribution in [0.4, 0.5) is 0 Å². The summed E-state index contributed by atoms with van der Waals surface area (Å²) in [6, 6.07) is 7.77. The van der Waals surface area contributed by atoms with Gasteiger partial charge in [0.2, 0.25) is 0 Å². The van der Waals surface area contributed by atoms with E-state index in [4.69, 9.17) is 4.74 Å². The second-order valence-electron chi connectivity index (χ2n) is 5.08. The van der Waals surface area contributed by atoms with Gasteiger partial charge in [0.15, 0.2) is 0 Å². The van der Waals surface area contributed by atoms with Gasteiger partial charge in [0.05, 0.1) is 0 Å². The summed E-state index contributed by atoms with van der Waals surface area (Å²) in [4.78, 5) is 11.2. The Balaban J connectivity index is 2.36. The lowest BCUT2D eigenvalue weighted by Gasteiger charge is -2.40. The minimum Gasteiger partial charge on any atom is -0.459 e. The fourth-order valence-corrected chi connectivity index (χ4v) is 2.85. The molecule has 0 spiro atoms. The number of carbonyl (C=O) groups is 1. The van der Waals surface area contributed by atoms with Gasteiger partial charge in [0, 0.05) is 6.92 Å². The van der Waals surface area contributed by atoms with E-state index in [-0.39, 0.29) is 5.97 Å². The summed E-state index contributed by atoms with van der Waals surface area (Å²) >= 11 is 0. The molecule has 1 aliphatic carbocycles. The van der Waals surface area contributed by atoms with Crippen molar-refractivity contribution in [2.24, 2.45) is 0 Å². The maximum atomic E-state index is 11.2. The Morgan fingerprint density at radius 3 is 2.78 bits per heavy atom. The van der Waals surface area contributed by atoms with Crippen LogP contribution in [0.25, 0.3) is 0 Å². The van der Waals surface area contributed by atoms with Gasteiger partial charge in [0.1, 0.15) is 11.7 Å². The second-order valence-corrected chi connectivity index (χ2v) is 5.08. The highest BCUT2D eigenvalue weighted by Crippen LogP contribution is 2.40. The molecule has 0 saturated heterocycles. The Labute approximate surface area is 108 Å². The molecule has 1 aromatic carbocycles. The molecule has 1 saturated carbocycles. The van der Waals surface area contributed by atoms with Gasteiger partial charge < -0.3 is 9.84 Å². The van der Waals surface area contributed by atoms with Crippen molar-refractivity contribution in [3.63, 3.8) is 0 Å². The van der Waals surface area contributed by atoms with E-state index < -0.39 is 11.7 Å². The number of carbonyl (C=O) groups excluding carboxylic acids is 1. The van der Waals surface area contributed by atoms with Crippen molar-refractivity contribution in [3.05, 3.63) is 35.4 Å². The van der Waals surface area contributed by atoms with Crippen LogP contribution < -0.4 is 0 Å². The number of hydrogen-bond donors (Lipinski definition) is 1. The van der Waals surface area contributed by atoms with Crippen molar-refractivity contribution in [3.8, 4) is 0 Å². The maximum Gasteiger partial charge on any atom is 0.303 e. The molecule has 1 aromatic rings. The minimum absolute atomic E-state index is 0.325. The number of aryl methyl sites for hydroxylation is 1. The van der Waals surface area contributed by atoms with Crippen LogP contribution in [0.2, 0.25) is 0 Å². The number of hydrogen-bond acceptors (Lipinski definition) is 3. The Kier molecular flexibility index (Phi) is 3.71. The van der Waals surface area contributed by atoms with Crippen LogP contribution in [-0.2, 0) is 15.1 Å². The first-order chi connectivity index (χ1) is 8.54. The standard InChI is InChI=1S/C15H20O3/c1-11-7-3-4-8-13(11)15(17)10-6-5-9-14(15)18-12(2)16/h3-4,7-8,14,17H,5-6,9-10H2,1-2H3/t14-,15-/m0/s1. The molecule has 1 fully saturated rings. The third-order valence-electron chi connectivity index (χ3n) is 3.73. The molecule has 2 rings (SSSR count). The Hall–Kier alpha value is -1.35. The molecule has 0 radical (unpaired) electrons. The number of ether oxygens (including phenoxy) is 1. The first-order valence-corrected chi connectivity index (χ1v) is 6.50. The van der Waals surface area contributed by atoms with Gasteiger partial charge in [-0.1, -0.05) is 24.3 Å². The molecule has 0 heterocycles. The quantitative estimate of drug-likeness (QED) is 0.818. The summed E-state index contributed by atoms with van der Waals surface area (Å²) in [5.41, 5.74) is 0.893. The normalized spacial score (nSPS) is 27.8. The first kappa shape index (κ1) is 13.1. The van der Waals surface area contributed by atoms with E-state index in [1.807, 2.05) is 31.2 Å². The van der Waals surface area contributed by atoms with Crippen LogP contribution in [-0.4, -0.2) is 17.2 Å². The molecular weight excluding hydrogens is 228 g/mol. The molecule has 3 heteroatoms. The number of esters is 1. The fraction of sp³-hybridized carbons (Fsp3) is 0.533. The molecule has 0 aliphatic heterocycles. The van der Waals surface area contributed by atoms with Crippen LogP contribution in [0.3, 0.4) is 0 Å². The molecule has 3 nitrogen and oxygen atoms in total. The summed E-state index contributed by atoms with van der Waals surface area (Å²) in [5.74, 6) is -0.325. The van der Waals surface area contributed by atoms with Crippen LogP contribution >= 0.6 is 0 Å². The number of aliphatic hydroxyl groups is 1. The lowest BCUT2D eigenvalue weighted by atomic mass is 9.76. The van der Waals surface area contributed by atoms with E-state index in [1.54, 1.807) is 0 Å². The molecule has 0 unspecified atom stereocenters. The van der Waals surface area contributed by atoms with Crippen LogP contribution in [0.15, 0.2) is 24.3 Å². The predicted molar refractivity (Wildman–Crippen MR) is 69.1 cm³/mol. The largest absolute Gasteiger partial charge is 0.459 e. The van der Waals surface area contributed by atoms with Crippen molar-refractivity contribution in [2.45, 2.75) is 51.2 Å². The van der Waals surface area contributed by atoms with E-state index in [2.05, 4.69) is 0 Å². The molecule has 0 amide bonds. The number of benzene rings is 1. The molecular formula is C15H20O3. The van der Waals surface area contributed by atoms with Gasteiger partial charge in [-0.2, -0.15) is 0 Å². The number of rotatable bonds is 2. The molecule has 0 bridgehead atoms.